The third kappa shape index (κ3) is 5.99. The van der Waals surface area contributed by atoms with Crippen molar-refractivity contribution >= 4 is 12.3 Å². The lowest BCUT2D eigenvalue weighted by molar-refractivity contribution is -0.186. The Morgan fingerprint density at radius 1 is 1.07 bits per heavy atom. The van der Waals surface area contributed by atoms with E-state index in [0.717, 1.165) is 25.5 Å². The second-order valence-corrected chi connectivity index (χ2v) is 17.4. The fourth-order valence-corrected chi connectivity index (χ4v) is 11.2. The smallest absolute Gasteiger partial charge is 0.307 e. The number of aldehydes is 1. The van der Waals surface area contributed by atoms with Crippen LogP contribution >= 0.6 is 0 Å². The Labute approximate surface area is 271 Å². The maximum Gasteiger partial charge on any atom is 0.307 e. The van der Waals surface area contributed by atoms with E-state index in [2.05, 4.69) is 73.8 Å². The zero-order valence-electron chi connectivity index (χ0n) is 30.5. The fraction of sp³-hybridized carbons (Fsp3) is 0.850. The Kier molecular flexibility index (Phi) is 10.3. The number of allylic oxidation sites excluding steroid dienone is 4. The number of esters is 1. The summed E-state index contributed by atoms with van der Waals surface area (Å²) >= 11 is 0. The number of nitrogens with one attached hydrogen (secondary N) is 1. The molecule has 3 fully saturated rings. The van der Waals surface area contributed by atoms with Gasteiger partial charge in [0.1, 0.15) is 12.4 Å². The molecule has 4 aliphatic carbocycles. The minimum absolute atomic E-state index is 0.0744. The second kappa shape index (κ2) is 12.9. The van der Waals surface area contributed by atoms with E-state index in [-0.39, 0.29) is 23.9 Å². The van der Waals surface area contributed by atoms with Gasteiger partial charge in [-0.25, -0.2) is 0 Å². The molecule has 4 heteroatoms. The van der Waals surface area contributed by atoms with Crippen molar-refractivity contribution in [3.8, 4) is 0 Å². The predicted octanol–water partition coefficient (Wildman–Crippen LogP) is 10.2. The summed E-state index contributed by atoms with van der Waals surface area (Å²) in [5.41, 5.74) is 5.62. The van der Waals surface area contributed by atoms with Gasteiger partial charge in [0, 0.05) is 18.2 Å². The molecule has 0 aromatic rings. The molecule has 0 aromatic carbocycles. The van der Waals surface area contributed by atoms with Crippen molar-refractivity contribution in [3.05, 3.63) is 22.9 Å². The molecule has 0 aromatic heterocycles. The van der Waals surface area contributed by atoms with Gasteiger partial charge >= 0.3 is 5.97 Å². The topological polar surface area (TPSA) is 55.4 Å². The normalized spacial score (nSPS) is 38.1. The van der Waals surface area contributed by atoms with Crippen LogP contribution in [-0.4, -0.2) is 25.4 Å². The molecule has 0 radical (unpaired) electrons. The molecule has 250 valence electrons. The fourth-order valence-electron chi connectivity index (χ4n) is 11.2. The molecule has 4 nitrogen and oxygen atoms in total. The first-order valence-corrected chi connectivity index (χ1v) is 18.3. The van der Waals surface area contributed by atoms with Gasteiger partial charge in [0.15, 0.2) is 0 Å². The van der Waals surface area contributed by atoms with Crippen LogP contribution in [0.2, 0.25) is 0 Å². The van der Waals surface area contributed by atoms with Crippen molar-refractivity contribution in [1.82, 2.24) is 5.32 Å². The van der Waals surface area contributed by atoms with Gasteiger partial charge < -0.3 is 14.8 Å². The van der Waals surface area contributed by atoms with Gasteiger partial charge in [-0.1, -0.05) is 79.5 Å². The van der Waals surface area contributed by atoms with E-state index in [0.29, 0.717) is 39.9 Å². The Hall–Kier alpha value is -1.58. The quantitative estimate of drug-likeness (QED) is 0.136. The molecule has 0 saturated heterocycles. The minimum atomic E-state index is -0.668. The van der Waals surface area contributed by atoms with Crippen LogP contribution in [-0.2, 0) is 14.3 Å². The summed E-state index contributed by atoms with van der Waals surface area (Å²) in [4.78, 5) is 24.2. The van der Waals surface area contributed by atoms with Crippen molar-refractivity contribution in [2.24, 2.45) is 50.7 Å². The molecule has 4 aliphatic rings. The lowest BCUT2D eigenvalue weighted by Crippen LogP contribution is -2.62. The van der Waals surface area contributed by atoms with E-state index >= 15 is 0 Å². The molecule has 1 N–H and O–H groups in total. The Balaban J connectivity index is 1.62. The van der Waals surface area contributed by atoms with Gasteiger partial charge in [0.2, 0.25) is 0 Å². The molecule has 0 amide bonds. The van der Waals surface area contributed by atoms with Gasteiger partial charge in [0.05, 0.1) is 6.42 Å². The predicted molar refractivity (Wildman–Crippen MR) is 183 cm³/mol. The van der Waals surface area contributed by atoms with Crippen molar-refractivity contribution in [1.29, 1.82) is 0 Å². The summed E-state index contributed by atoms with van der Waals surface area (Å²) in [6.07, 6.45) is 17.8. The lowest BCUT2D eigenvalue weighted by atomic mass is 9.35. The van der Waals surface area contributed by atoms with Crippen LogP contribution < -0.4 is 5.32 Å². The van der Waals surface area contributed by atoms with E-state index in [1.807, 2.05) is 19.4 Å². The standard InChI is InChI=1S/C40H67NO3/c1-12-29(41-11)24-40-21-18-31(27(3)4)35(40)32-14-15-33-37(8,28(5)16-20-39(33,10)38(32,9)22-23-40)19-17-30(13-2)44-34(43)25-36(6,7)26-42/h12,26-28,30,32-33,41H,13-25H2,1-11H3/b29-12-/t28?,30?,32?,33?,37?,38-,39?,40?/m1/s1. The zero-order valence-corrected chi connectivity index (χ0v) is 30.5. The minimum Gasteiger partial charge on any atom is -0.462 e. The highest BCUT2D eigenvalue weighted by atomic mass is 16.5. The average molecular weight is 610 g/mol. The van der Waals surface area contributed by atoms with E-state index < -0.39 is 5.41 Å². The van der Waals surface area contributed by atoms with Crippen LogP contribution in [0.15, 0.2) is 22.9 Å². The molecular weight excluding hydrogens is 542 g/mol. The second-order valence-electron chi connectivity index (χ2n) is 17.4. The van der Waals surface area contributed by atoms with Crippen LogP contribution in [0.5, 0.6) is 0 Å². The SMILES string of the molecule is C/C=C(/CC12CCC(C(C)C)=C1C1CCC3C(C)(CCC(CC)OC(=O)CC(C)(C)C=O)C(C)CCC3(C)[C@]1(C)CC2)NC. The molecule has 4 rings (SSSR count). The van der Waals surface area contributed by atoms with Crippen molar-refractivity contribution in [3.63, 3.8) is 0 Å². The van der Waals surface area contributed by atoms with E-state index in [1.54, 1.807) is 5.57 Å². The van der Waals surface area contributed by atoms with E-state index in [4.69, 9.17) is 4.74 Å². The van der Waals surface area contributed by atoms with E-state index in [9.17, 15) is 9.59 Å². The molecule has 8 atom stereocenters. The number of rotatable bonds is 12. The van der Waals surface area contributed by atoms with Crippen LogP contribution in [0.1, 0.15) is 153 Å². The highest BCUT2D eigenvalue weighted by Crippen LogP contribution is 2.75. The van der Waals surface area contributed by atoms with Crippen molar-refractivity contribution < 1.29 is 14.3 Å². The average Bonchev–Trinajstić information content (AvgIpc) is 3.36. The lowest BCUT2D eigenvalue weighted by Gasteiger charge is -2.69. The zero-order chi connectivity index (χ0) is 32.7. The van der Waals surface area contributed by atoms with Gasteiger partial charge in [-0.15, -0.1) is 0 Å². The first-order chi connectivity index (χ1) is 20.6. The van der Waals surface area contributed by atoms with Crippen molar-refractivity contribution in [2.75, 3.05) is 7.05 Å². The molecule has 0 bridgehead atoms. The van der Waals surface area contributed by atoms with Gasteiger partial charge in [0.25, 0.3) is 0 Å². The van der Waals surface area contributed by atoms with Crippen LogP contribution in [0.3, 0.4) is 0 Å². The Morgan fingerprint density at radius 3 is 2.36 bits per heavy atom. The third-order valence-corrected chi connectivity index (χ3v) is 14.4. The molecule has 3 saturated carbocycles. The van der Waals surface area contributed by atoms with Crippen LogP contribution in [0, 0.1) is 50.7 Å². The molecular formula is C40H67NO3. The summed E-state index contributed by atoms with van der Waals surface area (Å²) in [6.45, 7) is 23.4. The first-order valence-electron chi connectivity index (χ1n) is 18.3. The first kappa shape index (κ1) is 35.3. The Bertz CT molecular complexity index is 1130. The summed E-state index contributed by atoms with van der Waals surface area (Å²) in [6, 6.07) is 0. The number of carbonyl (C=O) groups excluding carboxylic acids is 2. The van der Waals surface area contributed by atoms with E-state index in [1.165, 1.54) is 63.5 Å². The summed E-state index contributed by atoms with van der Waals surface area (Å²) < 4.78 is 6.00. The highest BCUT2D eigenvalue weighted by molar-refractivity contribution is 5.75. The largest absolute Gasteiger partial charge is 0.462 e. The van der Waals surface area contributed by atoms with Crippen LogP contribution in [0.4, 0.5) is 0 Å². The molecule has 0 spiro atoms. The molecule has 0 heterocycles. The molecule has 0 aliphatic heterocycles. The van der Waals surface area contributed by atoms with Gasteiger partial charge in [-0.05, 0) is 129 Å². The Morgan fingerprint density at radius 2 is 1.77 bits per heavy atom. The third-order valence-electron chi connectivity index (χ3n) is 14.4. The molecule has 7 unspecified atom stereocenters. The summed E-state index contributed by atoms with van der Waals surface area (Å²) in [7, 11) is 2.10. The summed E-state index contributed by atoms with van der Waals surface area (Å²) in [5.74, 6) is 2.43. The summed E-state index contributed by atoms with van der Waals surface area (Å²) in [5, 5.41) is 3.55. The molecule has 44 heavy (non-hydrogen) atoms. The van der Waals surface area contributed by atoms with Gasteiger partial charge in [-0.3, -0.25) is 4.79 Å². The number of carbonyl (C=O) groups is 2. The number of hydrogen-bond donors (Lipinski definition) is 1. The number of hydrogen-bond acceptors (Lipinski definition) is 4. The monoisotopic (exact) mass is 610 g/mol. The maximum atomic E-state index is 12.8. The maximum absolute atomic E-state index is 12.8. The number of ether oxygens (including phenoxy) is 1. The number of fused-ring (bicyclic) bond motifs is 5. The van der Waals surface area contributed by atoms with Crippen molar-refractivity contribution in [2.45, 2.75) is 159 Å². The van der Waals surface area contributed by atoms with Crippen LogP contribution in [0.25, 0.3) is 0 Å². The van der Waals surface area contributed by atoms with Gasteiger partial charge in [-0.2, -0.15) is 0 Å². The highest BCUT2D eigenvalue weighted by Gasteiger charge is 2.66.